The van der Waals surface area contributed by atoms with E-state index < -0.39 is 41.6 Å². The third-order valence-corrected chi connectivity index (χ3v) is 6.22. The van der Waals surface area contributed by atoms with E-state index in [1.807, 2.05) is 30.3 Å². The van der Waals surface area contributed by atoms with E-state index in [4.69, 9.17) is 9.47 Å². The van der Waals surface area contributed by atoms with Crippen molar-refractivity contribution >= 4 is 22.6 Å². The van der Waals surface area contributed by atoms with Gasteiger partial charge < -0.3 is 19.9 Å². The molecule has 0 heterocycles. The van der Waals surface area contributed by atoms with Gasteiger partial charge in [0, 0.05) is 5.39 Å². The fourth-order valence-corrected chi connectivity index (χ4v) is 4.05. The zero-order valence-corrected chi connectivity index (χ0v) is 21.2. The summed E-state index contributed by atoms with van der Waals surface area (Å²) in [4.78, 5) is 25.3. The van der Waals surface area contributed by atoms with Gasteiger partial charge in [-0.3, -0.25) is 4.79 Å². The van der Waals surface area contributed by atoms with E-state index in [1.54, 1.807) is 0 Å². The van der Waals surface area contributed by atoms with E-state index in [-0.39, 0.29) is 24.5 Å². The second-order valence-electron chi connectivity index (χ2n) is 9.08. The Balaban J connectivity index is 1.57. The first-order chi connectivity index (χ1) is 19.0. The number of aliphatic carboxylic acids is 1. The molecule has 6 nitrogen and oxygen atoms in total. The molecular weight excluding hydrogens is 530 g/mol. The number of nitrogens with one attached hydrogen (secondary N) is 1. The lowest BCUT2D eigenvalue weighted by atomic mass is 10.0. The molecule has 4 aromatic rings. The van der Waals surface area contributed by atoms with Crippen molar-refractivity contribution in [2.24, 2.45) is 0 Å². The summed E-state index contributed by atoms with van der Waals surface area (Å²) >= 11 is 0. The van der Waals surface area contributed by atoms with Crippen LogP contribution in [0.5, 0.6) is 5.75 Å². The Morgan fingerprint density at radius 2 is 1.57 bits per heavy atom. The largest absolute Gasteiger partial charge is 0.487 e. The second kappa shape index (κ2) is 12.2. The molecule has 0 radical (unpaired) electrons. The summed E-state index contributed by atoms with van der Waals surface area (Å²) in [5.41, 5.74) is 0.364. The molecule has 4 rings (SSSR count). The lowest BCUT2D eigenvalue weighted by Gasteiger charge is -2.23. The first kappa shape index (κ1) is 28.6. The normalized spacial score (nSPS) is 13.0. The van der Waals surface area contributed by atoms with Crippen molar-refractivity contribution in [3.63, 3.8) is 0 Å². The van der Waals surface area contributed by atoms with E-state index in [1.165, 1.54) is 49.4 Å². The summed E-state index contributed by atoms with van der Waals surface area (Å²) in [6.07, 6.45) is -5.40. The quantitative estimate of drug-likeness (QED) is 0.222. The van der Waals surface area contributed by atoms with Crippen LogP contribution in [-0.2, 0) is 28.9 Å². The molecule has 0 aromatic heterocycles. The van der Waals surface area contributed by atoms with Gasteiger partial charge in [-0.2, -0.15) is 13.2 Å². The molecule has 0 spiro atoms. The van der Waals surface area contributed by atoms with Gasteiger partial charge in [0.05, 0.1) is 23.8 Å². The number of carbonyl (C=O) groups excluding carboxylic acids is 1. The van der Waals surface area contributed by atoms with Gasteiger partial charge >= 0.3 is 12.1 Å². The highest BCUT2D eigenvalue weighted by atomic mass is 19.4. The smallest absolute Gasteiger partial charge is 0.416 e. The predicted octanol–water partition coefficient (Wildman–Crippen LogP) is 6.37. The monoisotopic (exact) mass is 555 g/mol. The molecule has 208 valence electrons. The van der Waals surface area contributed by atoms with Crippen molar-refractivity contribution in [2.75, 3.05) is 0 Å². The van der Waals surface area contributed by atoms with Crippen molar-refractivity contribution in [3.05, 3.63) is 113 Å². The van der Waals surface area contributed by atoms with E-state index in [0.29, 0.717) is 16.3 Å². The standard InChI is InChI=1S/C30H25F4NO5/c1-18(39-16-19-5-3-2-4-6-19)26(29(37)38)35-28(36)25-13-9-21-15-23(31)12-14-24(21)27(25)40-17-20-7-10-22(11-8-20)30(32,33)34/h2-15,18,26H,16-17H2,1H3,(H,35,36)(H,37,38)/t18?,26-/m0/s1. The van der Waals surface area contributed by atoms with Crippen molar-refractivity contribution in [1.82, 2.24) is 5.32 Å². The third kappa shape index (κ3) is 6.95. The summed E-state index contributed by atoms with van der Waals surface area (Å²) in [6.45, 7) is 1.45. The topological polar surface area (TPSA) is 84.9 Å². The summed E-state index contributed by atoms with van der Waals surface area (Å²) in [5, 5.41) is 13.0. The third-order valence-electron chi connectivity index (χ3n) is 6.22. The number of carboxylic acid groups (broad SMARTS) is 1. The van der Waals surface area contributed by atoms with Crippen LogP contribution in [0.25, 0.3) is 10.8 Å². The number of ether oxygens (including phenoxy) is 2. The van der Waals surface area contributed by atoms with Gasteiger partial charge in [0.1, 0.15) is 18.2 Å². The first-order valence-corrected chi connectivity index (χ1v) is 12.2. The number of carbonyl (C=O) groups is 2. The molecule has 0 saturated heterocycles. The second-order valence-corrected chi connectivity index (χ2v) is 9.08. The molecule has 40 heavy (non-hydrogen) atoms. The molecule has 1 amide bonds. The minimum absolute atomic E-state index is 0.0249. The number of halogens is 4. The minimum atomic E-state index is -4.49. The van der Waals surface area contributed by atoms with Crippen LogP contribution >= 0.6 is 0 Å². The maximum atomic E-state index is 13.9. The van der Waals surface area contributed by atoms with E-state index in [2.05, 4.69) is 5.32 Å². The Labute approximate surface area is 227 Å². The molecule has 0 aliphatic carbocycles. The van der Waals surface area contributed by atoms with Gasteiger partial charge in [-0.15, -0.1) is 0 Å². The van der Waals surface area contributed by atoms with Gasteiger partial charge in [0.15, 0.2) is 6.04 Å². The molecule has 0 aliphatic rings. The number of rotatable bonds is 10. The van der Waals surface area contributed by atoms with Gasteiger partial charge in [0.2, 0.25) is 0 Å². The molecule has 0 bridgehead atoms. The number of amides is 1. The minimum Gasteiger partial charge on any atom is -0.487 e. The Morgan fingerprint density at radius 3 is 2.23 bits per heavy atom. The van der Waals surface area contributed by atoms with Crippen LogP contribution in [0.1, 0.15) is 34.0 Å². The molecule has 0 saturated carbocycles. The van der Waals surface area contributed by atoms with Gasteiger partial charge in [-0.05, 0) is 59.8 Å². The van der Waals surface area contributed by atoms with Gasteiger partial charge in [0.25, 0.3) is 5.91 Å². The highest BCUT2D eigenvalue weighted by Crippen LogP contribution is 2.33. The maximum absolute atomic E-state index is 13.9. The molecule has 1 unspecified atom stereocenters. The zero-order valence-electron chi connectivity index (χ0n) is 21.2. The van der Waals surface area contributed by atoms with Crippen LogP contribution in [0.15, 0.2) is 84.9 Å². The number of hydrogen-bond donors (Lipinski definition) is 2. The number of fused-ring (bicyclic) bond motifs is 1. The molecule has 2 N–H and O–H groups in total. The van der Waals surface area contributed by atoms with Crippen LogP contribution in [0.2, 0.25) is 0 Å². The number of hydrogen-bond acceptors (Lipinski definition) is 4. The molecular formula is C30H25F4NO5. The summed E-state index contributed by atoms with van der Waals surface area (Å²) in [5.74, 6) is -2.59. The van der Waals surface area contributed by atoms with E-state index in [9.17, 15) is 32.3 Å². The lowest BCUT2D eigenvalue weighted by molar-refractivity contribution is -0.143. The Hall–Kier alpha value is -4.44. The molecule has 0 aliphatic heterocycles. The summed E-state index contributed by atoms with van der Waals surface area (Å²) < 4.78 is 64.2. The van der Waals surface area contributed by atoms with Crippen molar-refractivity contribution in [2.45, 2.75) is 38.5 Å². The Morgan fingerprint density at radius 1 is 0.900 bits per heavy atom. The Kier molecular flexibility index (Phi) is 8.69. The number of carboxylic acids is 1. The average Bonchev–Trinajstić information content (AvgIpc) is 2.93. The lowest BCUT2D eigenvalue weighted by Crippen LogP contribution is -2.48. The molecule has 4 aromatic carbocycles. The average molecular weight is 556 g/mol. The van der Waals surface area contributed by atoms with Crippen molar-refractivity contribution in [3.8, 4) is 5.75 Å². The van der Waals surface area contributed by atoms with Crippen molar-refractivity contribution in [1.29, 1.82) is 0 Å². The predicted molar refractivity (Wildman–Crippen MR) is 139 cm³/mol. The van der Waals surface area contributed by atoms with Gasteiger partial charge in [-0.1, -0.05) is 48.5 Å². The van der Waals surface area contributed by atoms with Crippen molar-refractivity contribution < 1.29 is 41.7 Å². The van der Waals surface area contributed by atoms with Crippen LogP contribution in [-0.4, -0.2) is 29.1 Å². The Bertz CT molecular complexity index is 1490. The van der Waals surface area contributed by atoms with Gasteiger partial charge in [-0.25, -0.2) is 9.18 Å². The van der Waals surface area contributed by atoms with Crippen LogP contribution in [0.4, 0.5) is 17.6 Å². The van der Waals surface area contributed by atoms with E-state index in [0.717, 1.165) is 17.7 Å². The summed E-state index contributed by atoms with van der Waals surface area (Å²) in [6, 6.07) is 18.7. The molecule has 10 heteroatoms. The highest BCUT2D eigenvalue weighted by molar-refractivity contribution is 6.05. The highest BCUT2D eigenvalue weighted by Gasteiger charge is 2.31. The maximum Gasteiger partial charge on any atom is 0.416 e. The fraction of sp³-hybridized carbons (Fsp3) is 0.200. The van der Waals surface area contributed by atoms with Crippen LogP contribution in [0, 0.1) is 5.82 Å². The van der Waals surface area contributed by atoms with Crippen LogP contribution < -0.4 is 10.1 Å². The van der Waals surface area contributed by atoms with Crippen LogP contribution in [0.3, 0.4) is 0 Å². The number of benzene rings is 4. The zero-order chi connectivity index (χ0) is 28.9. The molecule has 0 fully saturated rings. The fourth-order valence-electron chi connectivity index (χ4n) is 4.05. The first-order valence-electron chi connectivity index (χ1n) is 12.2. The number of alkyl halides is 3. The van der Waals surface area contributed by atoms with E-state index >= 15 is 0 Å². The molecule has 2 atom stereocenters. The summed E-state index contributed by atoms with van der Waals surface area (Å²) in [7, 11) is 0. The SMILES string of the molecule is CC(OCc1ccccc1)[C@H](NC(=O)c1ccc2cc(F)ccc2c1OCc1ccc(C(F)(F)F)cc1)C(=O)O.